The molecule has 1 rings (SSSR count). The summed E-state index contributed by atoms with van der Waals surface area (Å²) >= 11 is 2.80. The maximum atomic E-state index is 13.2. The van der Waals surface area contributed by atoms with Crippen molar-refractivity contribution in [2.45, 2.75) is 13.0 Å². The van der Waals surface area contributed by atoms with Crippen LogP contribution in [0.15, 0.2) is 10.5 Å². The lowest BCUT2D eigenvalue weighted by molar-refractivity contribution is 0.193. The Labute approximate surface area is 82.5 Å². The molecule has 0 aromatic heterocycles. The first-order valence-corrected chi connectivity index (χ1v) is 4.35. The molecule has 0 bridgehead atoms. The molecule has 5 heteroatoms. The van der Waals surface area contributed by atoms with E-state index in [9.17, 15) is 8.78 Å². The molecule has 0 aliphatic carbocycles. The van der Waals surface area contributed by atoms with Crippen LogP contribution in [0.4, 0.5) is 14.5 Å². The zero-order valence-corrected chi connectivity index (χ0v) is 8.40. The smallest absolute Gasteiger partial charge is 0.147 e. The molecular formula is C8H8BrF2NO. The fourth-order valence-electron chi connectivity index (χ4n) is 0.931. The normalized spacial score (nSPS) is 13.0. The van der Waals surface area contributed by atoms with Gasteiger partial charge in [-0.1, -0.05) is 0 Å². The Morgan fingerprint density at radius 1 is 1.54 bits per heavy atom. The van der Waals surface area contributed by atoms with Crippen molar-refractivity contribution in [3.8, 4) is 0 Å². The van der Waals surface area contributed by atoms with Crippen molar-refractivity contribution in [3.63, 3.8) is 0 Å². The Morgan fingerprint density at radius 3 is 2.54 bits per heavy atom. The molecular weight excluding hydrogens is 244 g/mol. The molecule has 2 nitrogen and oxygen atoms in total. The Morgan fingerprint density at radius 2 is 2.08 bits per heavy atom. The number of hydrogen-bond donors (Lipinski definition) is 2. The van der Waals surface area contributed by atoms with E-state index in [2.05, 4.69) is 15.9 Å². The van der Waals surface area contributed by atoms with E-state index in [4.69, 9.17) is 10.8 Å². The van der Waals surface area contributed by atoms with Gasteiger partial charge in [0.1, 0.15) is 11.6 Å². The van der Waals surface area contributed by atoms with Crippen molar-refractivity contribution < 1.29 is 13.9 Å². The van der Waals surface area contributed by atoms with Crippen molar-refractivity contribution in [3.05, 3.63) is 27.7 Å². The molecule has 0 aliphatic heterocycles. The van der Waals surface area contributed by atoms with Crippen LogP contribution in [0.3, 0.4) is 0 Å². The van der Waals surface area contributed by atoms with Crippen molar-refractivity contribution in [2.24, 2.45) is 0 Å². The summed E-state index contributed by atoms with van der Waals surface area (Å²) < 4.78 is 26.0. The van der Waals surface area contributed by atoms with Crippen molar-refractivity contribution in [1.29, 1.82) is 0 Å². The number of benzene rings is 1. The topological polar surface area (TPSA) is 46.2 Å². The molecule has 0 spiro atoms. The second kappa shape index (κ2) is 3.59. The van der Waals surface area contributed by atoms with Gasteiger partial charge in [-0.05, 0) is 28.9 Å². The predicted molar refractivity (Wildman–Crippen MR) is 49.1 cm³/mol. The maximum absolute atomic E-state index is 13.2. The zero-order chi connectivity index (χ0) is 10.2. The zero-order valence-electron chi connectivity index (χ0n) is 6.81. The van der Waals surface area contributed by atoms with Gasteiger partial charge < -0.3 is 10.8 Å². The highest BCUT2D eigenvalue weighted by molar-refractivity contribution is 9.10. The van der Waals surface area contributed by atoms with Crippen LogP contribution in [0.25, 0.3) is 0 Å². The van der Waals surface area contributed by atoms with E-state index >= 15 is 0 Å². The van der Waals surface area contributed by atoms with Crippen molar-refractivity contribution in [2.75, 3.05) is 5.73 Å². The lowest BCUT2D eigenvalue weighted by Crippen LogP contribution is -2.02. The Bertz CT molecular complexity index is 341. The van der Waals surface area contributed by atoms with E-state index < -0.39 is 17.7 Å². The third kappa shape index (κ3) is 1.81. The maximum Gasteiger partial charge on any atom is 0.147 e. The van der Waals surface area contributed by atoms with Gasteiger partial charge in [0.25, 0.3) is 0 Å². The predicted octanol–water partition coefficient (Wildman–Crippen LogP) is 2.36. The van der Waals surface area contributed by atoms with E-state index in [-0.39, 0.29) is 15.7 Å². The highest BCUT2D eigenvalue weighted by Gasteiger charge is 2.17. The number of nitrogens with two attached hydrogens (primary N) is 1. The van der Waals surface area contributed by atoms with Crippen LogP contribution in [-0.2, 0) is 0 Å². The largest absolute Gasteiger partial charge is 0.395 e. The summed E-state index contributed by atoms with van der Waals surface area (Å²) in [5.41, 5.74) is 4.81. The van der Waals surface area contributed by atoms with Crippen LogP contribution in [0.5, 0.6) is 0 Å². The summed E-state index contributed by atoms with van der Waals surface area (Å²) in [7, 11) is 0. The summed E-state index contributed by atoms with van der Waals surface area (Å²) in [6, 6.07) is 0.889. The van der Waals surface area contributed by atoms with E-state index in [0.717, 1.165) is 6.07 Å². The molecule has 1 aromatic carbocycles. The van der Waals surface area contributed by atoms with Gasteiger partial charge >= 0.3 is 0 Å². The van der Waals surface area contributed by atoms with Crippen LogP contribution in [-0.4, -0.2) is 5.11 Å². The number of halogens is 3. The third-order valence-corrected chi connectivity index (χ3v) is 2.45. The Hall–Kier alpha value is -0.680. The second-order valence-electron chi connectivity index (χ2n) is 2.67. The van der Waals surface area contributed by atoms with Crippen LogP contribution >= 0.6 is 15.9 Å². The van der Waals surface area contributed by atoms with E-state index in [1.165, 1.54) is 6.92 Å². The minimum atomic E-state index is -1.06. The summed E-state index contributed by atoms with van der Waals surface area (Å²) in [5, 5.41) is 9.08. The summed E-state index contributed by atoms with van der Waals surface area (Å²) in [6.07, 6.45) is -1.06. The number of hydrogen-bond acceptors (Lipinski definition) is 2. The molecule has 0 saturated carbocycles. The third-order valence-electron chi connectivity index (χ3n) is 1.67. The number of rotatable bonds is 1. The molecule has 1 unspecified atom stereocenters. The van der Waals surface area contributed by atoms with Crippen molar-refractivity contribution in [1.82, 2.24) is 0 Å². The van der Waals surface area contributed by atoms with E-state index in [1.807, 2.05) is 0 Å². The number of anilines is 1. The summed E-state index contributed by atoms with van der Waals surface area (Å²) in [4.78, 5) is 0. The molecule has 0 heterocycles. The van der Waals surface area contributed by atoms with Gasteiger partial charge in [-0.15, -0.1) is 0 Å². The monoisotopic (exact) mass is 251 g/mol. The fraction of sp³-hybridized carbons (Fsp3) is 0.250. The Kier molecular flexibility index (Phi) is 2.87. The first-order chi connectivity index (χ1) is 5.95. The van der Waals surface area contributed by atoms with E-state index in [1.54, 1.807) is 0 Å². The Balaban J connectivity index is 3.41. The average Bonchev–Trinajstić information content (AvgIpc) is 2.07. The molecule has 1 atom stereocenters. The molecule has 1 aromatic rings. The molecule has 0 saturated heterocycles. The van der Waals surface area contributed by atoms with Gasteiger partial charge in [0.2, 0.25) is 0 Å². The number of nitrogen functional groups attached to an aromatic ring is 1. The minimum absolute atomic E-state index is 0.112. The van der Waals surface area contributed by atoms with Crippen LogP contribution in [0.1, 0.15) is 18.6 Å². The SMILES string of the molecule is CC(O)c1cc(F)c(N)c(Br)c1F. The lowest BCUT2D eigenvalue weighted by atomic mass is 10.1. The van der Waals surface area contributed by atoms with Gasteiger partial charge in [-0.2, -0.15) is 0 Å². The van der Waals surface area contributed by atoms with Crippen molar-refractivity contribution >= 4 is 21.6 Å². The quantitative estimate of drug-likeness (QED) is 0.595. The highest BCUT2D eigenvalue weighted by Crippen LogP contribution is 2.31. The first kappa shape index (κ1) is 10.4. The minimum Gasteiger partial charge on any atom is -0.395 e. The van der Waals surface area contributed by atoms with Gasteiger partial charge in [0.05, 0.1) is 16.3 Å². The standard InChI is InChI=1S/C8H8BrF2NO/c1-3(13)4-2-5(10)8(12)6(9)7(4)11/h2-3,13H,12H2,1H3. The molecule has 13 heavy (non-hydrogen) atoms. The lowest BCUT2D eigenvalue weighted by Gasteiger charge is -2.09. The highest BCUT2D eigenvalue weighted by atomic mass is 79.9. The molecule has 72 valence electrons. The van der Waals surface area contributed by atoms with Crippen LogP contribution in [0.2, 0.25) is 0 Å². The second-order valence-corrected chi connectivity index (χ2v) is 3.46. The summed E-state index contributed by atoms with van der Waals surface area (Å²) in [5.74, 6) is -1.47. The molecule has 0 fully saturated rings. The van der Waals surface area contributed by atoms with E-state index in [0.29, 0.717) is 0 Å². The number of aliphatic hydroxyl groups excluding tert-OH is 1. The van der Waals surface area contributed by atoms with Crippen LogP contribution < -0.4 is 5.73 Å². The average molecular weight is 252 g/mol. The van der Waals surface area contributed by atoms with Crippen LogP contribution in [0, 0.1) is 11.6 Å². The number of aliphatic hydroxyl groups is 1. The molecule has 0 amide bonds. The first-order valence-electron chi connectivity index (χ1n) is 3.56. The summed E-state index contributed by atoms with van der Waals surface area (Å²) in [6.45, 7) is 1.35. The molecule has 3 N–H and O–H groups in total. The fourth-order valence-corrected chi connectivity index (χ4v) is 1.35. The molecule has 0 aliphatic rings. The van der Waals surface area contributed by atoms with Gasteiger partial charge in [-0.3, -0.25) is 0 Å². The molecule has 0 radical (unpaired) electrons. The van der Waals surface area contributed by atoms with Gasteiger partial charge in [0, 0.05) is 5.56 Å². The van der Waals surface area contributed by atoms with Gasteiger partial charge in [0.15, 0.2) is 0 Å². The van der Waals surface area contributed by atoms with Gasteiger partial charge in [-0.25, -0.2) is 8.78 Å².